The number of nitrogens with one attached hydrogen (secondary N) is 1. The Labute approximate surface area is 184 Å². The number of aromatic nitrogens is 1. The predicted octanol–water partition coefficient (Wildman–Crippen LogP) is 5.70. The first kappa shape index (κ1) is 24.1. The molecule has 0 fully saturated rings. The Balaban J connectivity index is 2.00. The summed E-state index contributed by atoms with van der Waals surface area (Å²) in [6.07, 6.45) is 6.82. The number of hydrogen-bond donors (Lipinski definition) is 1. The number of carbonyl (C=O) groups excluding carboxylic acids is 2. The molecule has 6 heteroatoms. The lowest BCUT2D eigenvalue weighted by molar-refractivity contribution is -0.116. The van der Waals surface area contributed by atoms with Gasteiger partial charge in [0.25, 0.3) is 5.91 Å². The maximum absolute atomic E-state index is 13.1. The van der Waals surface area contributed by atoms with Crippen LogP contribution in [0.5, 0.6) is 0 Å². The smallest absolute Gasteiger partial charge is 0.254 e. The molecule has 1 heterocycles. The van der Waals surface area contributed by atoms with Crippen molar-refractivity contribution >= 4 is 28.3 Å². The molecule has 2 aromatic rings. The molecule has 0 unspecified atom stereocenters. The number of thiazole rings is 1. The molecule has 0 aliphatic heterocycles. The molecule has 0 saturated carbocycles. The van der Waals surface area contributed by atoms with Crippen molar-refractivity contribution in [1.82, 2.24) is 9.88 Å². The van der Waals surface area contributed by atoms with Crippen molar-refractivity contribution < 1.29 is 9.59 Å². The zero-order valence-corrected chi connectivity index (χ0v) is 19.6. The van der Waals surface area contributed by atoms with Crippen LogP contribution in [0.4, 0.5) is 5.13 Å². The highest BCUT2D eigenvalue weighted by molar-refractivity contribution is 7.13. The van der Waals surface area contributed by atoms with Gasteiger partial charge in [0.05, 0.1) is 5.69 Å². The SMILES string of the molecule is CCCCCCc1ccc(C(=O)N(CCC(C)C)CC(=O)Nc2nc(C)cs2)cc1. The highest BCUT2D eigenvalue weighted by atomic mass is 32.1. The lowest BCUT2D eigenvalue weighted by Crippen LogP contribution is -2.39. The maximum atomic E-state index is 13.1. The zero-order chi connectivity index (χ0) is 21.9. The van der Waals surface area contributed by atoms with Crippen molar-refractivity contribution in [3.05, 3.63) is 46.5 Å². The Bertz CT molecular complexity index is 799. The van der Waals surface area contributed by atoms with E-state index in [1.54, 1.807) is 4.90 Å². The van der Waals surface area contributed by atoms with E-state index < -0.39 is 0 Å². The minimum atomic E-state index is -0.214. The molecule has 2 amide bonds. The Morgan fingerprint density at radius 2 is 1.87 bits per heavy atom. The van der Waals surface area contributed by atoms with Gasteiger partial charge in [0, 0.05) is 17.5 Å². The summed E-state index contributed by atoms with van der Waals surface area (Å²) in [5.41, 5.74) is 2.76. The second-order valence-corrected chi connectivity index (χ2v) is 9.12. The van der Waals surface area contributed by atoms with E-state index in [1.165, 1.54) is 42.6 Å². The number of anilines is 1. The molecular weight excluding hydrogens is 394 g/mol. The molecule has 0 bridgehead atoms. The summed E-state index contributed by atoms with van der Waals surface area (Å²) in [7, 11) is 0. The predicted molar refractivity (Wildman–Crippen MR) is 125 cm³/mol. The van der Waals surface area contributed by atoms with E-state index >= 15 is 0 Å². The molecular formula is C24H35N3O2S. The van der Waals surface area contributed by atoms with Gasteiger partial charge in [-0.3, -0.25) is 9.59 Å². The monoisotopic (exact) mass is 429 g/mol. The molecule has 164 valence electrons. The molecule has 0 aliphatic rings. The first-order valence-corrected chi connectivity index (χ1v) is 11.9. The summed E-state index contributed by atoms with van der Waals surface area (Å²) in [5, 5.41) is 5.26. The highest BCUT2D eigenvalue weighted by Gasteiger charge is 2.20. The van der Waals surface area contributed by atoms with Crippen LogP contribution in [-0.4, -0.2) is 34.8 Å². The van der Waals surface area contributed by atoms with Crippen LogP contribution < -0.4 is 5.32 Å². The summed E-state index contributed by atoms with van der Waals surface area (Å²) in [4.78, 5) is 31.5. The van der Waals surface area contributed by atoms with Crippen molar-refractivity contribution in [1.29, 1.82) is 0 Å². The largest absolute Gasteiger partial charge is 0.329 e. The summed E-state index contributed by atoms with van der Waals surface area (Å²) < 4.78 is 0. The Hall–Kier alpha value is -2.21. The molecule has 0 spiro atoms. The molecule has 5 nitrogen and oxygen atoms in total. The van der Waals surface area contributed by atoms with E-state index in [1.807, 2.05) is 36.6 Å². The van der Waals surface area contributed by atoms with E-state index in [2.05, 4.69) is 31.1 Å². The van der Waals surface area contributed by atoms with E-state index in [0.29, 0.717) is 23.2 Å². The van der Waals surface area contributed by atoms with Gasteiger partial charge >= 0.3 is 0 Å². The number of aryl methyl sites for hydroxylation is 2. The van der Waals surface area contributed by atoms with E-state index in [0.717, 1.165) is 18.5 Å². The fourth-order valence-corrected chi connectivity index (χ4v) is 3.87. The molecule has 30 heavy (non-hydrogen) atoms. The molecule has 0 aliphatic carbocycles. The Kier molecular flexibility index (Phi) is 10.0. The van der Waals surface area contributed by atoms with E-state index in [4.69, 9.17) is 0 Å². The minimum absolute atomic E-state index is 0.0307. The first-order valence-electron chi connectivity index (χ1n) is 11.0. The molecule has 1 aromatic heterocycles. The minimum Gasteiger partial charge on any atom is -0.329 e. The lowest BCUT2D eigenvalue weighted by Gasteiger charge is -2.23. The second kappa shape index (κ2) is 12.5. The molecule has 2 rings (SSSR count). The van der Waals surface area contributed by atoms with Gasteiger partial charge in [-0.2, -0.15) is 0 Å². The van der Waals surface area contributed by atoms with Crippen molar-refractivity contribution in [2.75, 3.05) is 18.4 Å². The standard InChI is InChI=1S/C24H35N3O2S/c1-5-6-7-8-9-20-10-12-21(13-11-20)23(29)27(15-14-18(2)3)16-22(28)26-24-25-19(4)17-30-24/h10-13,17-18H,5-9,14-16H2,1-4H3,(H,25,26,28). The van der Waals surface area contributed by atoms with Crippen LogP contribution in [0.2, 0.25) is 0 Å². The number of nitrogens with zero attached hydrogens (tertiary/aromatic N) is 2. The molecule has 1 N–H and O–H groups in total. The maximum Gasteiger partial charge on any atom is 0.254 e. The number of amides is 2. The van der Waals surface area contributed by atoms with Gasteiger partial charge in [-0.05, 0) is 49.8 Å². The molecule has 0 atom stereocenters. The zero-order valence-electron chi connectivity index (χ0n) is 18.7. The normalized spacial score (nSPS) is 11.0. The van der Waals surface area contributed by atoms with Crippen LogP contribution in [0.25, 0.3) is 0 Å². The first-order chi connectivity index (χ1) is 14.4. The van der Waals surface area contributed by atoms with Crippen LogP contribution in [0.3, 0.4) is 0 Å². The third-order valence-corrected chi connectivity index (χ3v) is 5.86. The van der Waals surface area contributed by atoms with Gasteiger partial charge in [0.1, 0.15) is 6.54 Å². The fourth-order valence-electron chi connectivity index (χ4n) is 3.16. The Morgan fingerprint density at radius 1 is 1.13 bits per heavy atom. The van der Waals surface area contributed by atoms with E-state index in [9.17, 15) is 9.59 Å². The van der Waals surface area contributed by atoms with Gasteiger partial charge in [0.15, 0.2) is 5.13 Å². The van der Waals surface area contributed by atoms with Crippen LogP contribution >= 0.6 is 11.3 Å². The Morgan fingerprint density at radius 3 is 2.47 bits per heavy atom. The van der Waals surface area contributed by atoms with Gasteiger partial charge in [-0.15, -0.1) is 11.3 Å². The van der Waals surface area contributed by atoms with Gasteiger partial charge in [-0.25, -0.2) is 4.98 Å². The average Bonchev–Trinajstić information content (AvgIpc) is 3.12. The highest BCUT2D eigenvalue weighted by Crippen LogP contribution is 2.16. The molecule has 1 aromatic carbocycles. The second-order valence-electron chi connectivity index (χ2n) is 8.26. The summed E-state index contributed by atoms with van der Waals surface area (Å²) in [6, 6.07) is 7.86. The quantitative estimate of drug-likeness (QED) is 0.440. The van der Waals surface area contributed by atoms with Gasteiger partial charge < -0.3 is 10.2 Å². The summed E-state index contributed by atoms with van der Waals surface area (Å²) in [5.74, 6) is 0.142. The molecule has 0 radical (unpaired) electrons. The number of unbranched alkanes of at least 4 members (excludes halogenated alkanes) is 3. The number of carbonyl (C=O) groups is 2. The number of rotatable bonds is 12. The third kappa shape index (κ3) is 8.27. The third-order valence-electron chi connectivity index (χ3n) is 4.98. The van der Waals surface area contributed by atoms with Crippen LogP contribution in [0, 0.1) is 12.8 Å². The van der Waals surface area contributed by atoms with Crippen LogP contribution in [0.1, 0.15) is 74.5 Å². The van der Waals surface area contributed by atoms with Gasteiger partial charge in [-0.1, -0.05) is 52.2 Å². The average molecular weight is 430 g/mol. The van der Waals surface area contributed by atoms with Crippen molar-refractivity contribution in [2.45, 2.75) is 66.2 Å². The van der Waals surface area contributed by atoms with Crippen molar-refractivity contribution in [3.63, 3.8) is 0 Å². The topological polar surface area (TPSA) is 62.3 Å². The van der Waals surface area contributed by atoms with Crippen LogP contribution in [-0.2, 0) is 11.2 Å². The van der Waals surface area contributed by atoms with E-state index in [-0.39, 0.29) is 18.4 Å². The number of benzene rings is 1. The van der Waals surface area contributed by atoms with Crippen molar-refractivity contribution in [2.24, 2.45) is 5.92 Å². The lowest BCUT2D eigenvalue weighted by atomic mass is 10.0. The van der Waals surface area contributed by atoms with Crippen LogP contribution in [0.15, 0.2) is 29.6 Å². The summed E-state index contributed by atoms with van der Waals surface area (Å²) in [6.45, 7) is 8.92. The van der Waals surface area contributed by atoms with Gasteiger partial charge in [0.2, 0.25) is 5.91 Å². The number of hydrogen-bond acceptors (Lipinski definition) is 4. The fraction of sp³-hybridized carbons (Fsp3) is 0.542. The summed E-state index contributed by atoms with van der Waals surface area (Å²) >= 11 is 1.39. The molecule has 0 saturated heterocycles. The van der Waals surface area contributed by atoms with Crippen molar-refractivity contribution in [3.8, 4) is 0 Å².